The lowest BCUT2D eigenvalue weighted by atomic mass is 10.0. The molecule has 3 N–H and O–H groups in total. The minimum absolute atomic E-state index is 0.368. The van der Waals surface area contributed by atoms with E-state index < -0.39 is 12.0 Å². The second-order valence-corrected chi connectivity index (χ2v) is 5.37. The molecule has 1 aliphatic rings. The molecule has 5 nitrogen and oxygen atoms in total. The second kappa shape index (κ2) is 8.77. The molecular formula is C14H26N2O3. The van der Waals surface area contributed by atoms with Gasteiger partial charge in [0, 0.05) is 6.54 Å². The molecule has 1 atom stereocenters. The summed E-state index contributed by atoms with van der Waals surface area (Å²) in [4.78, 5) is 22.4. The highest BCUT2D eigenvalue weighted by Gasteiger charge is 2.18. The van der Waals surface area contributed by atoms with Gasteiger partial charge in [-0.2, -0.15) is 0 Å². The van der Waals surface area contributed by atoms with Gasteiger partial charge < -0.3 is 15.7 Å². The number of carbonyl (C=O) groups excluding carboxylic acids is 1. The predicted octanol–water partition coefficient (Wildman–Crippen LogP) is 2.51. The zero-order chi connectivity index (χ0) is 14.1. The van der Waals surface area contributed by atoms with Crippen LogP contribution in [0.5, 0.6) is 0 Å². The summed E-state index contributed by atoms with van der Waals surface area (Å²) in [5.74, 6) is -0.139. The van der Waals surface area contributed by atoms with Crippen molar-refractivity contribution < 1.29 is 14.7 Å². The van der Waals surface area contributed by atoms with Gasteiger partial charge in [-0.05, 0) is 25.2 Å². The number of urea groups is 1. The SMILES string of the molecule is CCCC(NC(=O)NCCCC1CCCC1)C(=O)O. The number of hydrogen-bond acceptors (Lipinski definition) is 2. The molecule has 0 aliphatic heterocycles. The Morgan fingerprint density at radius 3 is 2.58 bits per heavy atom. The Kier molecular flexibility index (Phi) is 7.30. The molecule has 1 saturated carbocycles. The van der Waals surface area contributed by atoms with E-state index in [0.29, 0.717) is 13.0 Å². The number of carboxylic acids is 1. The molecule has 110 valence electrons. The fourth-order valence-electron chi connectivity index (χ4n) is 2.65. The van der Waals surface area contributed by atoms with Crippen LogP contribution in [0.1, 0.15) is 58.3 Å². The fraction of sp³-hybridized carbons (Fsp3) is 0.857. The first kappa shape index (κ1) is 15.8. The first-order valence-electron chi connectivity index (χ1n) is 7.40. The highest BCUT2D eigenvalue weighted by atomic mass is 16.4. The van der Waals surface area contributed by atoms with E-state index in [1.807, 2.05) is 6.92 Å². The van der Waals surface area contributed by atoms with E-state index in [-0.39, 0.29) is 6.03 Å². The van der Waals surface area contributed by atoms with Crippen LogP contribution >= 0.6 is 0 Å². The van der Waals surface area contributed by atoms with Crippen molar-refractivity contribution in [3.05, 3.63) is 0 Å². The highest BCUT2D eigenvalue weighted by molar-refractivity contribution is 5.82. The maximum atomic E-state index is 11.5. The van der Waals surface area contributed by atoms with Crippen molar-refractivity contribution in [3.63, 3.8) is 0 Å². The summed E-state index contributed by atoms with van der Waals surface area (Å²) in [5, 5.41) is 14.2. The number of aliphatic carboxylic acids is 1. The summed E-state index contributed by atoms with van der Waals surface area (Å²) in [6.45, 7) is 2.53. The van der Waals surface area contributed by atoms with Gasteiger partial charge in [-0.25, -0.2) is 9.59 Å². The van der Waals surface area contributed by atoms with E-state index in [0.717, 1.165) is 25.2 Å². The van der Waals surface area contributed by atoms with Gasteiger partial charge in [0.1, 0.15) is 6.04 Å². The Bertz CT molecular complexity index is 288. The van der Waals surface area contributed by atoms with Crippen molar-refractivity contribution in [3.8, 4) is 0 Å². The molecule has 5 heteroatoms. The molecule has 0 radical (unpaired) electrons. The van der Waals surface area contributed by atoms with E-state index >= 15 is 0 Å². The predicted molar refractivity (Wildman–Crippen MR) is 74.1 cm³/mol. The van der Waals surface area contributed by atoms with Gasteiger partial charge in [-0.15, -0.1) is 0 Å². The van der Waals surface area contributed by atoms with Crippen molar-refractivity contribution >= 4 is 12.0 Å². The van der Waals surface area contributed by atoms with E-state index in [4.69, 9.17) is 5.11 Å². The molecule has 19 heavy (non-hydrogen) atoms. The Morgan fingerprint density at radius 2 is 2.00 bits per heavy atom. The molecule has 0 aromatic carbocycles. The molecule has 0 aromatic rings. The van der Waals surface area contributed by atoms with Crippen LogP contribution in [-0.4, -0.2) is 29.7 Å². The van der Waals surface area contributed by atoms with Crippen molar-refractivity contribution in [2.75, 3.05) is 6.54 Å². The minimum atomic E-state index is -0.969. The van der Waals surface area contributed by atoms with Gasteiger partial charge in [0.25, 0.3) is 0 Å². The number of nitrogens with one attached hydrogen (secondary N) is 2. The Balaban J connectivity index is 2.10. The van der Waals surface area contributed by atoms with E-state index in [1.54, 1.807) is 0 Å². The molecule has 1 fully saturated rings. The van der Waals surface area contributed by atoms with Gasteiger partial charge >= 0.3 is 12.0 Å². The molecule has 1 rings (SSSR count). The van der Waals surface area contributed by atoms with Crippen molar-refractivity contribution in [1.29, 1.82) is 0 Å². The Labute approximate surface area is 115 Å². The lowest BCUT2D eigenvalue weighted by Gasteiger charge is -2.14. The molecule has 0 bridgehead atoms. The van der Waals surface area contributed by atoms with Crippen LogP contribution in [0.25, 0.3) is 0 Å². The number of carboxylic acid groups (broad SMARTS) is 1. The average Bonchev–Trinajstić information content (AvgIpc) is 2.87. The minimum Gasteiger partial charge on any atom is -0.480 e. The molecule has 0 spiro atoms. The first-order valence-corrected chi connectivity index (χ1v) is 7.40. The smallest absolute Gasteiger partial charge is 0.326 e. The monoisotopic (exact) mass is 270 g/mol. The van der Waals surface area contributed by atoms with Gasteiger partial charge in [-0.1, -0.05) is 39.0 Å². The number of rotatable bonds is 8. The normalized spacial score (nSPS) is 17.1. The summed E-state index contributed by atoms with van der Waals surface area (Å²) in [6, 6.07) is -1.15. The molecule has 1 unspecified atom stereocenters. The van der Waals surface area contributed by atoms with E-state index in [2.05, 4.69) is 10.6 Å². The van der Waals surface area contributed by atoms with Gasteiger partial charge in [0.15, 0.2) is 0 Å². The van der Waals surface area contributed by atoms with Crippen molar-refractivity contribution in [2.24, 2.45) is 5.92 Å². The fourth-order valence-corrected chi connectivity index (χ4v) is 2.65. The third-order valence-corrected chi connectivity index (χ3v) is 3.73. The summed E-state index contributed by atoms with van der Waals surface area (Å²) >= 11 is 0. The zero-order valence-corrected chi connectivity index (χ0v) is 11.8. The van der Waals surface area contributed by atoms with Crippen molar-refractivity contribution in [1.82, 2.24) is 10.6 Å². The summed E-state index contributed by atoms with van der Waals surface area (Å²) in [6.07, 6.45) is 8.67. The van der Waals surface area contributed by atoms with Crippen LogP contribution in [-0.2, 0) is 4.79 Å². The van der Waals surface area contributed by atoms with Gasteiger partial charge in [-0.3, -0.25) is 0 Å². The standard InChI is InChI=1S/C14H26N2O3/c1-2-6-12(13(17)18)16-14(19)15-10-5-9-11-7-3-4-8-11/h11-12H,2-10H2,1H3,(H,17,18)(H2,15,16,19). The maximum absolute atomic E-state index is 11.5. The van der Waals surface area contributed by atoms with Crippen LogP contribution < -0.4 is 10.6 Å². The molecule has 0 saturated heterocycles. The quantitative estimate of drug-likeness (QED) is 0.593. The van der Waals surface area contributed by atoms with Crippen molar-refractivity contribution in [2.45, 2.75) is 64.3 Å². The maximum Gasteiger partial charge on any atom is 0.326 e. The first-order chi connectivity index (χ1) is 9.13. The second-order valence-electron chi connectivity index (χ2n) is 5.37. The lowest BCUT2D eigenvalue weighted by Crippen LogP contribution is -2.46. The van der Waals surface area contributed by atoms with Crippen LogP contribution in [0.4, 0.5) is 4.79 Å². The Morgan fingerprint density at radius 1 is 1.32 bits per heavy atom. The molecule has 2 amide bonds. The van der Waals surface area contributed by atoms with Crippen LogP contribution in [0, 0.1) is 5.92 Å². The third kappa shape index (κ3) is 6.45. The molecule has 0 aromatic heterocycles. The topological polar surface area (TPSA) is 78.4 Å². The zero-order valence-electron chi connectivity index (χ0n) is 11.8. The molecule has 1 aliphatic carbocycles. The van der Waals surface area contributed by atoms with Crippen LogP contribution in [0.2, 0.25) is 0 Å². The summed E-state index contributed by atoms with van der Waals surface area (Å²) < 4.78 is 0. The summed E-state index contributed by atoms with van der Waals surface area (Å²) in [7, 11) is 0. The van der Waals surface area contributed by atoms with Gasteiger partial charge in [0.2, 0.25) is 0 Å². The number of hydrogen-bond donors (Lipinski definition) is 3. The molecular weight excluding hydrogens is 244 g/mol. The van der Waals surface area contributed by atoms with Crippen LogP contribution in [0.3, 0.4) is 0 Å². The third-order valence-electron chi connectivity index (χ3n) is 3.73. The van der Waals surface area contributed by atoms with Gasteiger partial charge in [0.05, 0.1) is 0 Å². The largest absolute Gasteiger partial charge is 0.480 e. The van der Waals surface area contributed by atoms with E-state index in [1.165, 1.54) is 25.7 Å². The lowest BCUT2D eigenvalue weighted by molar-refractivity contribution is -0.139. The molecule has 0 heterocycles. The van der Waals surface area contributed by atoms with Crippen LogP contribution in [0.15, 0.2) is 0 Å². The number of amides is 2. The highest BCUT2D eigenvalue weighted by Crippen LogP contribution is 2.28. The number of carbonyl (C=O) groups is 2. The Hall–Kier alpha value is -1.26. The van der Waals surface area contributed by atoms with E-state index in [9.17, 15) is 9.59 Å². The summed E-state index contributed by atoms with van der Waals surface area (Å²) in [5.41, 5.74) is 0. The average molecular weight is 270 g/mol.